The Kier molecular flexibility index (Phi) is 6.09. The fourth-order valence-electron chi connectivity index (χ4n) is 0.784. The molecule has 0 aromatic rings. The number of allylic oxidation sites excluding steroid dienone is 4. The van der Waals surface area contributed by atoms with Gasteiger partial charge in [0.2, 0.25) is 0 Å². The van der Waals surface area contributed by atoms with Gasteiger partial charge in [-0.2, -0.15) is 6.92 Å². The predicted octanol–water partition coefficient (Wildman–Crippen LogP) is 1.64. The number of methoxy groups -OCH3 is 1. The molecule has 0 fully saturated rings. The van der Waals surface area contributed by atoms with Crippen LogP contribution in [0.15, 0.2) is 23.4 Å². The Labute approximate surface area is 90.2 Å². The van der Waals surface area contributed by atoms with Crippen molar-refractivity contribution in [2.45, 2.75) is 6.92 Å². The third-order valence-corrected chi connectivity index (χ3v) is 1.38. The highest BCUT2D eigenvalue weighted by Gasteiger charge is 2.01. The van der Waals surface area contributed by atoms with E-state index in [4.69, 9.17) is 6.42 Å². The van der Waals surface area contributed by atoms with Crippen LogP contribution in [0, 0.1) is 31.1 Å². The van der Waals surface area contributed by atoms with Gasteiger partial charge in [0, 0.05) is 0 Å². The Morgan fingerprint density at radius 3 is 2.67 bits per heavy atom. The predicted molar refractivity (Wildman–Crippen MR) is 59.3 cm³/mol. The first-order valence-electron chi connectivity index (χ1n) is 4.16. The molecule has 3 heteroatoms. The number of alkyl carbamates (subject to hydrolysis) is 1. The average molecular weight is 202 g/mol. The van der Waals surface area contributed by atoms with Crippen molar-refractivity contribution >= 4 is 6.09 Å². The summed E-state index contributed by atoms with van der Waals surface area (Å²) in [5.41, 5.74) is 0.775. The molecule has 0 heterocycles. The maximum Gasteiger partial charge on any atom is 0.411 e. The molecule has 0 spiro atoms. The van der Waals surface area contributed by atoms with Gasteiger partial charge in [0.1, 0.15) is 0 Å². The molecule has 0 aliphatic carbocycles. The van der Waals surface area contributed by atoms with Gasteiger partial charge in [0.15, 0.2) is 0 Å². The van der Waals surface area contributed by atoms with E-state index in [9.17, 15) is 4.79 Å². The second kappa shape index (κ2) is 7.17. The van der Waals surface area contributed by atoms with Crippen LogP contribution in [0.5, 0.6) is 0 Å². The van der Waals surface area contributed by atoms with Gasteiger partial charge < -0.3 is 4.74 Å². The first-order chi connectivity index (χ1) is 7.19. The molecule has 0 saturated heterocycles. The summed E-state index contributed by atoms with van der Waals surface area (Å²) < 4.78 is 4.42. The standard InChI is InChI=1S/C12H12NO2/c1-5-8-10(9-6-2)11(7-3)13-12(14)15-4/h3,6,9H,1H2,2,4H3,(H,13,14)/q-1/b9-6?,11-10-. The Hall–Kier alpha value is -2.26. The lowest BCUT2D eigenvalue weighted by Gasteiger charge is -2.07. The largest absolute Gasteiger partial charge is 0.453 e. The molecule has 0 rings (SSSR count). The number of amides is 1. The van der Waals surface area contributed by atoms with Crippen molar-refractivity contribution in [3.05, 3.63) is 30.3 Å². The van der Waals surface area contributed by atoms with Crippen LogP contribution in [0.25, 0.3) is 0 Å². The van der Waals surface area contributed by atoms with Crippen molar-refractivity contribution in [3.8, 4) is 24.2 Å². The van der Waals surface area contributed by atoms with Crippen LogP contribution in [-0.4, -0.2) is 13.2 Å². The summed E-state index contributed by atoms with van der Waals surface area (Å²) in [6.07, 6.45) is 8.05. The minimum atomic E-state index is -0.629. The summed E-state index contributed by atoms with van der Waals surface area (Å²) in [6, 6.07) is 0. The van der Waals surface area contributed by atoms with Gasteiger partial charge in [-0.3, -0.25) is 17.2 Å². The molecule has 0 aromatic heterocycles. The van der Waals surface area contributed by atoms with Crippen LogP contribution in [0.1, 0.15) is 6.92 Å². The smallest absolute Gasteiger partial charge is 0.411 e. The third-order valence-electron chi connectivity index (χ3n) is 1.38. The van der Waals surface area contributed by atoms with Gasteiger partial charge in [0.25, 0.3) is 0 Å². The Morgan fingerprint density at radius 2 is 2.27 bits per heavy atom. The van der Waals surface area contributed by atoms with Crippen LogP contribution in [-0.2, 0) is 4.74 Å². The van der Waals surface area contributed by atoms with Crippen molar-refractivity contribution in [1.82, 2.24) is 5.32 Å². The molecule has 1 amide bonds. The molecule has 0 saturated carbocycles. The highest BCUT2D eigenvalue weighted by molar-refractivity contribution is 5.72. The van der Waals surface area contributed by atoms with Crippen molar-refractivity contribution in [3.63, 3.8) is 0 Å². The van der Waals surface area contributed by atoms with Crippen LogP contribution in [0.3, 0.4) is 0 Å². The zero-order valence-electron chi connectivity index (χ0n) is 8.76. The number of hydrogen-bond acceptors (Lipinski definition) is 2. The molecule has 1 N–H and O–H groups in total. The number of nitrogens with one attached hydrogen (secondary N) is 1. The van der Waals surface area contributed by atoms with E-state index in [2.05, 4.69) is 34.7 Å². The summed E-state index contributed by atoms with van der Waals surface area (Å²) >= 11 is 0. The third kappa shape index (κ3) is 4.50. The molecule has 0 atom stereocenters. The molecule has 3 nitrogen and oxygen atoms in total. The van der Waals surface area contributed by atoms with Crippen molar-refractivity contribution in [2.24, 2.45) is 0 Å². The van der Waals surface area contributed by atoms with Gasteiger partial charge in [-0.1, -0.05) is 18.1 Å². The number of ether oxygens (including phenoxy) is 1. The van der Waals surface area contributed by atoms with E-state index in [-0.39, 0.29) is 5.70 Å². The summed E-state index contributed by atoms with van der Waals surface area (Å²) in [5.74, 6) is 7.47. The molecule has 0 aromatic carbocycles. The molecule has 0 bridgehead atoms. The summed E-state index contributed by atoms with van der Waals surface area (Å²) in [7, 11) is 1.26. The van der Waals surface area contributed by atoms with Crippen LogP contribution >= 0.6 is 0 Å². The lowest BCUT2D eigenvalue weighted by molar-refractivity contribution is 0.174. The van der Waals surface area contributed by atoms with E-state index in [0.29, 0.717) is 5.57 Å². The maximum atomic E-state index is 10.9. The molecule has 0 aliphatic rings. The number of hydrogen-bond donors (Lipinski definition) is 1. The lowest BCUT2D eigenvalue weighted by Crippen LogP contribution is -2.22. The van der Waals surface area contributed by atoms with Gasteiger partial charge in [-0.05, 0) is 12.5 Å². The van der Waals surface area contributed by atoms with E-state index in [0.717, 1.165) is 0 Å². The second-order valence-corrected chi connectivity index (χ2v) is 2.35. The molecular weight excluding hydrogens is 190 g/mol. The summed E-state index contributed by atoms with van der Waals surface area (Å²) in [5, 5.41) is 2.39. The van der Waals surface area contributed by atoms with Crippen LogP contribution in [0.4, 0.5) is 4.79 Å². The number of carbonyl (C=O) groups is 1. The van der Waals surface area contributed by atoms with E-state index < -0.39 is 6.09 Å². The highest BCUT2D eigenvalue weighted by atomic mass is 16.5. The highest BCUT2D eigenvalue weighted by Crippen LogP contribution is 2.02. The van der Waals surface area contributed by atoms with E-state index >= 15 is 0 Å². The SMILES string of the molecule is C#C/C(NC(=O)OC)=C(\C#C[CH2-])C=CC. The van der Waals surface area contributed by atoms with Crippen molar-refractivity contribution in [1.29, 1.82) is 0 Å². The topological polar surface area (TPSA) is 38.3 Å². The van der Waals surface area contributed by atoms with Gasteiger partial charge in [-0.25, -0.2) is 4.79 Å². The lowest BCUT2D eigenvalue weighted by atomic mass is 10.2. The summed E-state index contributed by atoms with van der Waals surface area (Å²) in [4.78, 5) is 10.9. The van der Waals surface area contributed by atoms with Crippen LogP contribution < -0.4 is 5.32 Å². The molecular formula is C12H12NO2-. The van der Waals surface area contributed by atoms with E-state index in [1.807, 2.05) is 6.92 Å². The normalized spacial score (nSPS) is 10.7. The second-order valence-electron chi connectivity index (χ2n) is 2.35. The van der Waals surface area contributed by atoms with Gasteiger partial charge in [-0.15, -0.1) is 6.42 Å². The number of carbonyl (C=O) groups excluding carboxylic acids is 1. The van der Waals surface area contributed by atoms with Crippen molar-refractivity contribution in [2.75, 3.05) is 7.11 Å². The minimum absolute atomic E-state index is 0.260. The number of terminal acetylenes is 1. The molecule has 15 heavy (non-hydrogen) atoms. The number of rotatable bonds is 2. The zero-order chi connectivity index (χ0) is 11.7. The molecule has 0 unspecified atom stereocenters. The van der Waals surface area contributed by atoms with Gasteiger partial charge in [0.05, 0.1) is 12.8 Å². The first kappa shape index (κ1) is 12.7. The van der Waals surface area contributed by atoms with Crippen LogP contribution in [0.2, 0.25) is 0 Å². The molecule has 0 radical (unpaired) electrons. The Morgan fingerprint density at radius 1 is 1.60 bits per heavy atom. The fraction of sp³-hybridized carbons (Fsp3) is 0.167. The Bertz CT molecular complexity index is 386. The summed E-state index contributed by atoms with van der Waals surface area (Å²) in [6.45, 7) is 5.20. The fourth-order valence-corrected chi connectivity index (χ4v) is 0.784. The average Bonchev–Trinajstić information content (AvgIpc) is 2.25. The van der Waals surface area contributed by atoms with Crippen molar-refractivity contribution < 1.29 is 9.53 Å². The Balaban J connectivity index is 5.13. The monoisotopic (exact) mass is 202 g/mol. The first-order valence-corrected chi connectivity index (χ1v) is 4.16. The van der Waals surface area contributed by atoms with E-state index in [1.54, 1.807) is 12.2 Å². The minimum Gasteiger partial charge on any atom is -0.453 e. The van der Waals surface area contributed by atoms with Gasteiger partial charge >= 0.3 is 6.09 Å². The molecule has 78 valence electrons. The quantitative estimate of drug-likeness (QED) is 0.420. The molecule has 0 aliphatic heterocycles. The zero-order valence-corrected chi connectivity index (χ0v) is 8.76. The van der Waals surface area contributed by atoms with E-state index in [1.165, 1.54) is 7.11 Å². The maximum absolute atomic E-state index is 10.9.